The molecule has 1 unspecified atom stereocenters. The number of hydrogen-bond donors (Lipinski definition) is 2. The fraction of sp³-hybridized carbons (Fsp3) is 0.429. The van der Waals surface area contributed by atoms with Crippen LogP contribution in [0, 0.1) is 0 Å². The van der Waals surface area contributed by atoms with Crippen LogP contribution in [0.1, 0.15) is 49.1 Å². The summed E-state index contributed by atoms with van der Waals surface area (Å²) in [5.41, 5.74) is 8.94. The topological polar surface area (TPSA) is 58.7 Å². The van der Waals surface area contributed by atoms with Crippen molar-refractivity contribution in [2.45, 2.75) is 45.4 Å². The van der Waals surface area contributed by atoms with Crippen molar-refractivity contribution in [2.24, 2.45) is 5.73 Å². The molecule has 0 fully saturated rings. The summed E-state index contributed by atoms with van der Waals surface area (Å²) in [5.74, 6) is 1.61. The minimum atomic E-state index is -0.946. The Morgan fingerprint density at radius 3 is 2.56 bits per heavy atom. The SMILES string of the molecule is CCCCCN1CCc2cc(Oc3ccc(C(N)O)cc3)ccc2C1. The third kappa shape index (κ3) is 4.82. The largest absolute Gasteiger partial charge is 0.457 e. The third-order valence-electron chi connectivity index (χ3n) is 4.80. The molecule has 1 aliphatic rings. The highest BCUT2D eigenvalue weighted by Crippen LogP contribution is 2.28. The summed E-state index contributed by atoms with van der Waals surface area (Å²) >= 11 is 0. The zero-order valence-electron chi connectivity index (χ0n) is 14.9. The predicted octanol–water partition coefficient (Wildman–Crippen LogP) is 3.98. The first-order valence-corrected chi connectivity index (χ1v) is 9.21. The molecule has 0 saturated carbocycles. The van der Waals surface area contributed by atoms with Crippen molar-refractivity contribution < 1.29 is 9.84 Å². The second kappa shape index (κ2) is 8.48. The van der Waals surface area contributed by atoms with Crippen LogP contribution in [0.3, 0.4) is 0 Å². The van der Waals surface area contributed by atoms with Crippen molar-refractivity contribution in [3.05, 3.63) is 59.2 Å². The Morgan fingerprint density at radius 1 is 1.08 bits per heavy atom. The molecular weight excluding hydrogens is 312 g/mol. The Bertz CT molecular complexity index is 683. The van der Waals surface area contributed by atoms with Crippen molar-refractivity contribution >= 4 is 0 Å². The summed E-state index contributed by atoms with van der Waals surface area (Å²) in [6.07, 6.45) is 4.02. The molecule has 3 rings (SSSR count). The molecule has 0 aromatic heterocycles. The molecule has 2 aromatic carbocycles. The van der Waals surface area contributed by atoms with E-state index in [4.69, 9.17) is 10.5 Å². The first-order chi connectivity index (χ1) is 12.2. The lowest BCUT2D eigenvalue weighted by molar-refractivity contribution is 0.186. The summed E-state index contributed by atoms with van der Waals surface area (Å²) in [7, 11) is 0. The molecular formula is C21H28N2O2. The van der Waals surface area contributed by atoms with Crippen molar-refractivity contribution in [3.63, 3.8) is 0 Å². The second-order valence-corrected chi connectivity index (χ2v) is 6.78. The van der Waals surface area contributed by atoms with Crippen molar-refractivity contribution in [2.75, 3.05) is 13.1 Å². The van der Waals surface area contributed by atoms with Gasteiger partial charge in [-0.05, 0) is 60.3 Å². The molecule has 0 saturated heterocycles. The van der Waals surface area contributed by atoms with Crippen LogP contribution in [-0.2, 0) is 13.0 Å². The molecule has 0 amide bonds. The number of rotatable bonds is 7. The number of aliphatic hydroxyl groups excluding tert-OH is 1. The van der Waals surface area contributed by atoms with Gasteiger partial charge in [-0.3, -0.25) is 4.90 Å². The van der Waals surface area contributed by atoms with Crippen LogP contribution in [0.5, 0.6) is 11.5 Å². The molecule has 0 spiro atoms. The Balaban J connectivity index is 1.62. The quantitative estimate of drug-likeness (QED) is 0.591. The van der Waals surface area contributed by atoms with E-state index in [1.165, 1.54) is 36.9 Å². The van der Waals surface area contributed by atoms with E-state index in [2.05, 4.69) is 24.0 Å². The van der Waals surface area contributed by atoms with Crippen LogP contribution in [0.4, 0.5) is 0 Å². The highest BCUT2D eigenvalue weighted by Gasteiger charge is 2.16. The average Bonchev–Trinajstić information content (AvgIpc) is 2.62. The number of nitrogens with two attached hydrogens (primary N) is 1. The molecule has 2 aromatic rings. The van der Waals surface area contributed by atoms with Crippen LogP contribution >= 0.6 is 0 Å². The molecule has 0 bridgehead atoms. The first kappa shape index (κ1) is 17.9. The highest BCUT2D eigenvalue weighted by atomic mass is 16.5. The van der Waals surface area contributed by atoms with Gasteiger partial charge in [0.05, 0.1) is 0 Å². The Morgan fingerprint density at radius 2 is 1.84 bits per heavy atom. The molecule has 134 valence electrons. The number of fused-ring (bicyclic) bond motifs is 1. The molecule has 4 heteroatoms. The molecule has 0 aliphatic carbocycles. The minimum absolute atomic E-state index is 0.681. The smallest absolute Gasteiger partial charge is 0.128 e. The molecule has 25 heavy (non-hydrogen) atoms. The van der Waals surface area contributed by atoms with E-state index in [1.54, 1.807) is 12.1 Å². The Labute approximate surface area is 150 Å². The number of nitrogens with zero attached hydrogens (tertiary/aromatic N) is 1. The second-order valence-electron chi connectivity index (χ2n) is 6.78. The van der Waals surface area contributed by atoms with E-state index in [9.17, 15) is 5.11 Å². The van der Waals surface area contributed by atoms with Crippen LogP contribution in [0.15, 0.2) is 42.5 Å². The monoisotopic (exact) mass is 340 g/mol. The zero-order chi connectivity index (χ0) is 17.6. The van der Waals surface area contributed by atoms with Gasteiger partial charge in [-0.25, -0.2) is 0 Å². The number of ether oxygens (including phenoxy) is 1. The predicted molar refractivity (Wildman–Crippen MR) is 101 cm³/mol. The third-order valence-corrected chi connectivity index (χ3v) is 4.80. The number of hydrogen-bond acceptors (Lipinski definition) is 4. The zero-order valence-corrected chi connectivity index (χ0v) is 14.9. The maximum absolute atomic E-state index is 9.36. The van der Waals surface area contributed by atoms with Gasteiger partial charge in [0.25, 0.3) is 0 Å². The average molecular weight is 340 g/mol. The van der Waals surface area contributed by atoms with Crippen LogP contribution in [0.25, 0.3) is 0 Å². The van der Waals surface area contributed by atoms with Crippen LogP contribution in [-0.4, -0.2) is 23.1 Å². The molecule has 3 N–H and O–H groups in total. The highest BCUT2D eigenvalue weighted by molar-refractivity contribution is 5.40. The van der Waals surface area contributed by atoms with Gasteiger partial charge < -0.3 is 15.6 Å². The van der Waals surface area contributed by atoms with E-state index in [0.29, 0.717) is 5.56 Å². The van der Waals surface area contributed by atoms with E-state index in [-0.39, 0.29) is 0 Å². The van der Waals surface area contributed by atoms with Crippen LogP contribution in [0.2, 0.25) is 0 Å². The van der Waals surface area contributed by atoms with Gasteiger partial charge in [0.1, 0.15) is 17.7 Å². The van der Waals surface area contributed by atoms with Gasteiger partial charge in [-0.1, -0.05) is 38.0 Å². The van der Waals surface area contributed by atoms with E-state index in [0.717, 1.165) is 31.0 Å². The van der Waals surface area contributed by atoms with E-state index in [1.807, 2.05) is 18.2 Å². The van der Waals surface area contributed by atoms with Crippen LogP contribution < -0.4 is 10.5 Å². The fourth-order valence-corrected chi connectivity index (χ4v) is 3.30. The van der Waals surface area contributed by atoms with Crippen molar-refractivity contribution in [1.29, 1.82) is 0 Å². The molecule has 1 aliphatic heterocycles. The number of aliphatic hydroxyl groups is 1. The lowest BCUT2D eigenvalue weighted by Crippen LogP contribution is -2.31. The fourth-order valence-electron chi connectivity index (χ4n) is 3.30. The first-order valence-electron chi connectivity index (χ1n) is 9.21. The van der Waals surface area contributed by atoms with Gasteiger partial charge in [0.15, 0.2) is 0 Å². The lowest BCUT2D eigenvalue weighted by atomic mass is 9.99. The Hall–Kier alpha value is -1.88. The molecule has 1 heterocycles. The molecule has 4 nitrogen and oxygen atoms in total. The van der Waals surface area contributed by atoms with E-state index < -0.39 is 6.23 Å². The maximum atomic E-state index is 9.36. The number of benzene rings is 2. The standard InChI is InChI=1S/C21H28N2O2/c1-2-3-4-12-23-13-11-17-14-20(10-7-18(17)15-23)25-19-8-5-16(6-9-19)21(22)24/h5-10,14,21,24H,2-4,11-13,15,22H2,1H3. The van der Waals surface area contributed by atoms with Gasteiger partial charge in [-0.2, -0.15) is 0 Å². The van der Waals surface area contributed by atoms with Gasteiger partial charge >= 0.3 is 0 Å². The van der Waals surface area contributed by atoms with Gasteiger partial charge in [0.2, 0.25) is 0 Å². The van der Waals surface area contributed by atoms with Crippen molar-refractivity contribution in [1.82, 2.24) is 4.90 Å². The summed E-state index contributed by atoms with van der Waals surface area (Å²) < 4.78 is 5.95. The molecule has 1 atom stereocenters. The minimum Gasteiger partial charge on any atom is -0.457 e. The van der Waals surface area contributed by atoms with Gasteiger partial charge in [-0.15, -0.1) is 0 Å². The van der Waals surface area contributed by atoms with E-state index >= 15 is 0 Å². The summed E-state index contributed by atoms with van der Waals surface area (Å²) in [4.78, 5) is 2.55. The lowest BCUT2D eigenvalue weighted by Gasteiger charge is -2.29. The maximum Gasteiger partial charge on any atom is 0.128 e. The summed E-state index contributed by atoms with van der Waals surface area (Å²) in [6, 6.07) is 13.6. The number of unbranched alkanes of at least 4 members (excludes halogenated alkanes) is 2. The summed E-state index contributed by atoms with van der Waals surface area (Å²) in [6.45, 7) is 5.62. The van der Waals surface area contributed by atoms with Crippen molar-refractivity contribution in [3.8, 4) is 11.5 Å². The Kier molecular flexibility index (Phi) is 6.08. The normalized spacial score (nSPS) is 15.6. The summed E-state index contributed by atoms with van der Waals surface area (Å²) in [5, 5.41) is 9.36. The van der Waals surface area contributed by atoms with Gasteiger partial charge in [0, 0.05) is 13.1 Å². The molecule has 0 radical (unpaired) electrons.